The SMILES string of the molecule is Cc1c(Cc2ccc(-c3cnn(C)c3)c(F)c2)cc2c(c1Cl)O[C@H]1CCN(C1)C2=O. The lowest BCUT2D eigenvalue weighted by atomic mass is 9.95. The maximum Gasteiger partial charge on any atom is 0.257 e. The molecule has 0 saturated carbocycles. The number of benzene rings is 2. The number of carbonyl (C=O) groups is 1. The first kappa shape index (κ1) is 19.1. The van der Waals surface area contributed by atoms with Gasteiger partial charge in [0.1, 0.15) is 11.9 Å². The Labute approximate surface area is 179 Å². The summed E-state index contributed by atoms with van der Waals surface area (Å²) < 4.78 is 22.5. The third kappa shape index (κ3) is 3.16. The molecule has 0 spiro atoms. The first-order chi connectivity index (χ1) is 14.4. The van der Waals surface area contributed by atoms with E-state index < -0.39 is 0 Å². The molecule has 1 saturated heterocycles. The highest BCUT2D eigenvalue weighted by Gasteiger charge is 2.36. The molecule has 1 amide bonds. The Morgan fingerprint density at radius 2 is 2.13 bits per heavy atom. The molecule has 2 bridgehead atoms. The molecule has 154 valence electrons. The number of hydrogen-bond acceptors (Lipinski definition) is 3. The molecule has 1 aromatic heterocycles. The number of hydrogen-bond donors (Lipinski definition) is 0. The molecule has 5 nitrogen and oxygen atoms in total. The number of ether oxygens (including phenoxy) is 1. The molecule has 2 aliphatic heterocycles. The predicted octanol–water partition coefficient (Wildman–Crippen LogP) is 4.39. The van der Waals surface area contributed by atoms with Crippen LogP contribution in [0.2, 0.25) is 5.02 Å². The van der Waals surface area contributed by atoms with Crippen LogP contribution in [0.15, 0.2) is 36.7 Å². The highest BCUT2D eigenvalue weighted by molar-refractivity contribution is 6.33. The van der Waals surface area contributed by atoms with Crippen molar-refractivity contribution in [3.05, 3.63) is 69.8 Å². The fourth-order valence-electron chi connectivity index (χ4n) is 4.26. The van der Waals surface area contributed by atoms with Gasteiger partial charge in [0.15, 0.2) is 5.75 Å². The van der Waals surface area contributed by atoms with Gasteiger partial charge in [-0.25, -0.2) is 4.39 Å². The number of halogens is 2. The second-order valence-corrected chi connectivity index (χ2v) is 8.40. The van der Waals surface area contributed by atoms with Crippen LogP contribution in [0.25, 0.3) is 11.1 Å². The van der Waals surface area contributed by atoms with E-state index in [0.717, 1.165) is 28.7 Å². The van der Waals surface area contributed by atoms with Gasteiger partial charge in [-0.05, 0) is 42.2 Å². The summed E-state index contributed by atoms with van der Waals surface area (Å²) in [6.07, 6.45) is 4.71. The summed E-state index contributed by atoms with van der Waals surface area (Å²) in [5, 5.41) is 4.57. The van der Waals surface area contributed by atoms with Gasteiger partial charge < -0.3 is 9.64 Å². The molecular weight excluding hydrogens is 405 g/mol. The van der Waals surface area contributed by atoms with Crippen LogP contribution < -0.4 is 4.74 Å². The van der Waals surface area contributed by atoms with Crippen LogP contribution in [-0.4, -0.2) is 39.8 Å². The van der Waals surface area contributed by atoms with Gasteiger partial charge in [0, 0.05) is 37.3 Å². The summed E-state index contributed by atoms with van der Waals surface area (Å²) in [5.41, 5.74) is 4.29. The first-order valence-corrected chi connectivity index (χ1v) is 10.3. The molecule has 2 aliphatic rings. The summed E-state index contributed by atoms with van der Waals surface area (Å²) in [7, 11) is 1.80. The molecule has 5 rings (SSSR count). The van der Waals surface area contributed by atoms with Crippen molar-refractivity contribution in [3.8, 4) is 16.9 Å². The van der Waals surface area contributed by atoms with Crippen molar-refractivity contribution in [1.82, 2.24) is 14.7 Å². The van der Waals surface area contributed by atoms with E-state index in [2.05, 4.69) is 5.10 Å². The monoisotopic (exact) mass is 425 g/mol. The van der Waals surface area contributed by atoms with Crippen molar-refractivity contribution >= 4 is 17.5 Å². The summed E-state index contributed by atoms with van der Waals surface area (Å²) in [5.74, 6) is 0.126. The summed E-state index contributed by atoms with van der Waals surface area (Å²) in [6.45, 7) is 3.21. The minimum atomic E-state index is -0.304. The number of fused-ring (bicyclic) bond motifs is 3. The molecule has 3 aromatic rings. The van der Waals surface area contributed by atoms with Crippen LogP contribution in [0, 0.1) is 12.7 Å². The average molecular weight is 426 g/mol. The maximum absolute atomic E-state index is 14.8. The Bertz CT molecular complexity index is 1170. The van der Waals surface area contributed by atoms with Gasteiger partial charge in [0.05, 0.1) is 23.3 Å². The minimum absolute atomic E-state index is 0.00735. The van der Waals surface area contributed by atoms with Crippen LogP contribution in [0.3, 0.4) is 0 Å². The second-order valence-electron chi connectivity index (χ2n) is 8.02. The van der Waals surface area contributed by atoms with E-state index in [4.69, 9.17) is 16.3 Å². The number of aromatic nitrogens is 2. The van der Waals surface area contributed by atoms with Crippen LogP contribution in [0.1, 0.15) is 33.5 Å². The standard InChI is InChI=1S/C23H21ClFN3O2/c1-13-15(7-14-3-4-18(20(25)8-14)16-10-26-27(2)11-16)9-19-22(21(13)24)30-17-5-6-28(12-17)23(19)29/h3-4,8-11,17H,5-7,12H2,1-2H3/t17-/m0/s1. The Kier molecular flexibility index (Phi) is 4.54. The molecule has 1 fully saturated rings. The zero-order valence-corrected chi connectivity index (χ0v) is 17.5. The lowest BCUT2D eigenvalue weighted by molar-refractivity contribution is 0.0792. The second kappa shape index (κ2) is 7.13. The van der Waals surface area contributed by atoms with E-state index in [-0.39, 0.29) is 17.8 Å². The zero-order valence-electron chi connectivity index (χ0n) is 16.8. The van der Waals surface area contributed by atoms with Gasteiger partial charge in [-0.15, -0.1) is 0 Å². The predicted molar refractivity (Wildman–Crippen MR) is 113 cm³/mol. The van der Waals surface area contributed by atoms with E-state index >= 15 is 0 Å². The van der Waals surface area contributed by atoms with Crippen LogP contribution >= 0.6 is 11.6 Å². The van der Waals surface area contributed by atoms with Crippen molar-refractivity contribution in [1.29, 1.82) is 0 Å². The van der Waals surface area contributed by atoms with Gasteiger partial charge in [-0.3, -0.25) is 9.48 Å². The molecule has 7 heteroatoms. The van der Waals surface area contributed by atoms with Crippen molar-refractivity contribution in [2.24, 2.45) is 7.05 Å². The molecule has 2 aromatic carbocycles. The van der Waals surface area contributed by atoms with Gasteiger partial charge >= 0.3 is 0 Å². The van der Waals surface area contributed by atoms with Crippen molar-refractivity contribution in [3.63, 3.8) is 0 Å². The number of rotatable bonds is 3. The Hall–Kier alpha value is -2.86. The van der Waals surface area contributed by atoms with Gasteiger partial charge in [-0.1, -0.05) is 23.7 Å². The molecule has 3 heterocycles. The highest BCUT2D eigenvalue weighted by Crippen LogP contribution is 2.40. The normalized spacial score (nSPS) is 17.7. The fourth-order valence-corrected chi connectivity index (χ4v) is 4.53. The van der Waals surface area contributed by atoms with Crippen LogP contribution in [-0.2, 0) is 13.5 Å². The van der Waals surface area contributed by atoms with E-state index in [1.807, 2.05) is 24.0 Å². The topological polar surface area (TPSA) is 47.4 Å². The smallest absolute Gasteiger partial charge is 0.257 e. The first-order valence-electron chi connectivity index (χ1n) is 9.96. The third-order valence-corrected chi connectivity index (χ3v) is 6.42. The number of carbonyl (C=O) groups excluding carboxylic acids is 1. The third-order valence-electron chi connectivity index (χ3n) is 5.96. The minimum Gasteiger partial charge on any atom is -0.486 e. The Balaban J connectivity index is 1.50. The summed E-state index contributed by atoms with van der Waals surface area (Å²) >= 11 is 6.62. The largest absolute Gasteiger partial charge is 0.486 e. The molecule has 1 atom stereocenters. The molecule has 0 aliphatic carbocycles. The average Bonchev–Trinajstić information content (AvgIpc) is 3.33. The zero-order chi connectivity index (χ0) is 21.0. The maximum atomic E-state index is 14.8. The van der Waals surface area contributed by atoms with Crippen molar-refractivity contribution < 1.29 is 13.9 Å². The van der Waals surface area contributed by atoms with E-state index in [1.165, 1.54) is 6.07 Å². The van der Waals surface area contributed by atoms with E-state index in [1.54, 1.807) is 30.2 Å². The Morgan fingerprint density at radius 1 is 1.30 bits per heavy atom. The lowest BCUT2D eigenvalue weighted by Crippen LogP contribution is -2.28. The van der Waals surface area contributed by atoms with E-state index in [9.17, 15) is 9.18 Å². The molecular formula is C23H21ClFN3O2. The molecule has 0 unspecified atom stereocenters. The number of nitrogens with zero attached hydrogens (tertiary/aromatic N) is 3. The molecule has 0 radical (unpaired) electrons. The quantitative estimate of drug-likeness (QED) is 0.625. The fraction of sp³-hybridized carbons (Fsp3) is 0.304. The van der Waals surface area contributed by atoms with Crippen molar-refractivity contribution in [2.45, 2.75) is 25.9 Å². The van der Waals surface area contributed by atoms with Gasteiger partial charge in [0.25, 0.3) is 5.91 Å². The lowest BCUT2D eigenvalue weighted by Gasteiger charge is -2.20. The Morgan fingerprint density at radius 3 is 2.87 bits per heavy atom. The van der Waals surface area contributed by atoms with Gasteiger partial charge in [-0.2, -0.15) is 5.10 Å². The number of aryl methyl sites for hydroxylation is 1. The van der Waals surface area contributed by atoms with Gasteiger partial charge in [0.2, 0.25) is 0 Å². The van der Waals surface area contributed by atoms with Crippen molar-refractivity contribution in [2.75, 3.05) is 13.1 Å². The summed E-state index contributed by atoms with van der Waals surface area (Å²) in [4.78, 5) is 14.8. The number of amides is 1. The highest BCUT2D eigenvalue weighted by atomic mass is 35.5. The molecule has 0 N–H and O–H groups in total. The van der Waals surface area contributed by atoms with Crippen LogP contribution in [0.4, 0.5) is 4.39 Å². The summed E-state index contributed by atoms with van der Waals surface area (Å²) in [6, 6.07) is 7.05. The van der Waals surface area contributed by atoms with E-state index in [0.29, 0.717) is 41.4 Å². The molecule has 30 heavy (non-hydrogen) atoms. The van der Waals surface area contributed by atoms with Crippen LogP contribution in [0.5, 0.6) is 5.75 Å².